The quantitative estimate of drug-likeness (QED) is 0.224. The second-order valence-electron chi connectivity index (χ2n) is 8.66. The van der Waals surface area contributed by atoms with Crippen LogP contribution in [0, 0.1) is 11.8 Å². The predicted octanol–water partition coefficient (Wildman–Crippen LogP) is 4.73. The number of hydrogen-bond acceptors (Lipinski definition) is 6. The topological polar surface area (TPSA) is 127 Å². The standard InChI is InChI=1S/C24H40O8/c25-21(26)15-7-3-1-5-11-17-31-23(29)19-13-9-10-14-20(19)24(30)32-18-12-6-2-4-8-16-22(27)28/h19-20H,1-18H2,(H,25,26)(H,27,28). The van der Waals surface area contributed by atoms with Gasteiger partial charge in [0.05, 0.1) is 25.0 Å². The highest BCUT2D eigenvalue weighted by Gasteiger charge is 2.37. The van der Waals surface area contributed by atoms with E-state index in [4.69, 9.17) is 19.7 Å². The molecule has 8 heteroatoms. The zero-order valence-electron chi connectivity index (χ0n) is 19.2. The summed E-state index contributed by atoms with van der Waals surface area (Å²) in [4.78, 5) is 46.0. The van der Waals surface area contributed by atoms with E-state index in [1.807, 2.05) is 0 Å². The smallest absolute Gasteiger partial charge is 0.309 e. The van der Waals surface area contributed by atoms with Crippen LogP contribution in [0.3, 0.4) is 0 Å². The van der Waals surface area contributed by atoms with E-state index in [2.05, 4.69) is 0 Å². The molecule has 1 saturated carbocycles. The molecule has 0 aromatic rings. The molecule has 0 radical (unpaired) electrons. The summed E-state index contributed by atoms with van der Waals surface area (Å²) >= 11 is 0. The number of hydrogen-bond donors (Lipinski definition) is 2. The fraction of sp³-hybridized carbons (Fsp3) is 0.833. The van der Waals surface area contributed by atoms with Crippen molar-refractivity contribution in [3.05, 3.63) is 0 Å². The summed E-state index contributed by atoms with van der Waals surface area (Å²) in [5, 5.41) is 17.2. The second kappa shape index (κ2) is 17.4. The Balaban J connectivity index is 2.18. The Kier molecular flexibility index (Phi) is 15.2. The molecule has 0 aliphatic heterocycles. The van der Waals surface area contributed by atoms with Crippen molar-refractivity contribution in [1.82, 2.24) is 0 Å². The van der Waals surface area contributed by atoms with E-state index in [9.17, 15) is 19.2 Å². The molecule has 0 bridgehead atoms. The van der Waals surface area contributed by atoms with Crippen LogP contribution in [0.5, 0.6) is 0 Å². The largest absolute Gasteiger partial charge is 0.481 e. The van der Waals surface area contributed by atoms with Crippen molar-refractivity contribution < 1.29 is 38.9 Å². The summed E-state index contributed by atoms with van der Waals surface area (Å²) in [6, 6.07) is 0. The van der Waals surface area contributed by atoms with Gasteiger partial charge in [-0.1, -0.05) is 51.4 Å². The van der Waals surface area contributed by atoms with E-state index >= 15 is 0 Å². The third-order valence-electron chi connectivity index (χ3n) is 5.93. The molecule has 0 saturated heterocycles. The van der Waals surface area contributed by atoms with Gasteiger partial charge in [-0.05, 0) is 38.5 Å². The Morgan fingerprint density at radius 1 is 0.562 bits per heavy atom. The SMILES string of the molecule is O=C(O)CCCCCCCOC(=O)C1CCCCC1C(=O)OCCCCCCCC(=O)O. The summed E-state index contributed by atoms with van der Waals surface area (Å²) < 4.78 is 10.8. The van der Waals surface area contributed by atoms with E-state index in [0.29, 0.717) is 38.9 Å². The minimum Gasteiger partial charge on any atom is -0.481 e. The molecule has 1 aliphatic carbocycles. The Morgan fingerprint density at radius 2 is 0.906 bits per heavy atom. The lowest BCUT2D eigenvalue weighted by Gasteiger charge is -2.28. The van der Waals surface area contributed by atoms with Crippen LogP contribution in [0.25, 0.3) is 0 Å². The average Bonchev–Trinajstić information content (AvgIpc) is 2.76. The predicted molar refractivity (Wildman–Crippen MR) is 118 cm³/mol. The van der Waals surface area contributed by atoms with Gasteiger partial charge in [0.1, 0.15) is 0 Å². The van der Waals surface area contributed by atoms with Crippen LogP contribution in [0.2, 0.25) is 0 Å². The van der Waals surface area contributed by atoms with E-state index in [1.165, 1.54) is 0 Å². The molecule has 32 heavy (non-hydrogen) atoms. The summed E-state index contributed by atoms with van der Waals surface area (Å²) in [6.07, 6.45) is 11.7. The van der Waals surface area contributed by atoms with Gasteiger partial charge in [0.25, 0.3) is 0 Å². The van der Waals surface area contributed by atoms with Gasteiger partial charge < -0.3 is 19.7 Å². The average molecular weight is 457 g/mol. The molecule has 0 aromatic carbocycles. The first-order valence-electron chi connectivity index (χ1n) is 12.2. The third kappa shape index (κ3) is 13.3. The number of ether oxygens (including phenoxy) is 2. The lowest BCUT2D eigenvalue weighted by atomic mass is 9.79. The van der Waals surface area contributed by atoms with Gasteiger partial charge in [0, 0.05) is 12.8 Å². The first-order valence-corrected chi connectivity index (χ1v) is 12.2. The van der Waals surface area contributed by atoms with Crippen LogP contribution in [-0.4, -0.2) is 47.3 Å². The maximum absolute atomic E-state index is 12.5. The van der Waals surface area contributed by atoms with Crippen molar-refractivity contribution >= 4 is 23.9 Å². The summed E-state index contributed by atoms with van der Waals surface area (Å²) in [5.41, 5.74) is 0. The van der Waals surface area contributed by atoms with Gasteiger partial charge in [-0.15, -0.1) is 0 Å². The van der Waals surface area contributed by atoms with Crippen LogP contribution in [0.15, 0.2) is 0 Å². The van der Waals surface area contributed by atoms with Gasteiger partial charge in [-0.25, -0.2) is 0 Å². The van der Waals surface area contributed by atoms with Crippen molar-refractivity contribution in [1.29, 1.82) is 0 Å². The summed E-state index contributed by atoms with van der Waals surface area (Å²) in [6.45, 7) is 0.663. The highest BCUT2D eigenvalue weighted by atomic mass is 16.5. The number of rotatable bonds is 18. The zero-order chi connectivity index (χ0) is 23.6. The van der Waals surface area contributed by atoms with Crippen molar-refractivity contribution in [3.63, 3.8) is 0 Å². The number of carbonyl (C=O) groups excluding carboxylic acids is 2. The van der Waals surface area contributed by atoms with Crippen molar-refractivity contribution in [2.45, 2.75) is 103 Å². The van der Waals surface area contributed by atoms with Crippen LogP contribution in [0.1, 0.15) is 103 Å². The molecule has 0 heterocycles. The van der Waals surface area contributed by atoms with Gasteiger partial charge in [-0.3, -0.25) is 19.2 Å². The zero-order valence-corrected chi connectivity index (χ0v) is 19.2. The van der Waals surface area contributed by atoms with Gasteiger partial charge in [-0.2, -0.15) is 0 Å². The molecule has 0 amide bonds. The number of carbonyl (C=O) groups is 4. The van der Waals surface area contributed by atoms with Crippen LogP contribution < -0.4 is 0 Å². The van der Waals surface area contributed by atoms with Crippen LogP contribution in [0.4, 0.5) is 0 Å². The molecule has 0 spiro atoms. The van der Waals surface area contributed by atoms with E-state index in [-0.39, 0.29) is 24.8 Å². The Bertz CT molecular complexity index is 524. The molecule has 2 atom stereocenters. The normalized spacial score (nSPS) is 18.1. The molecule has 8 nitrogen and oxygen atoms in total. The van der Waals surface area contributed by atoms with Crippen LogP contribution >= 0.6 is 0 Å². The van der Waals surface area contributed by atoms with Crippen LogP contribution in [-0.2, 0) is 28.7 Å². The van der Waals surface area contributed by atoms with Gasteiger partial charge >= 0.3 is 23.9 Å². The first-order chi connectivity index (χ1) is 15.4. The Hall–Kier alpha value is -2.12. The number of esters is 2. The second-order valence-corrected chi connectivity index (χ2v) is 8.66. The Labute approximate surface area is 191 Å². The molecular weight excluding hydrogens is 416 g/mol. The maximum Gasteiger partial charge on any atom is 0.309 e. The highest BCUT2D eigenvalue weighted by molar-refractivity contribution is 5.82. The fourth-order valence-corrected chi connectivity index (χ4v) is 4.07. The lowest BCUT2D eigenvalue weighted by molar-refractivity contribution is -0.163. The third-order valence-corrected chi connectivity index (χ3v) is 5.93. The minimum absolute atomic E-state index is 0.195. The van der Waals surface area contributed by atoms with Gasteiger partial charge in [0.15, 0.2) is 0 Å². The molecule has 0 aromatic heterocycles. The van der Waals surface area contributed by atoms with E-state index < -0.39 is 23.8 Å². The van der Waals surface area contributed by atoms with Crippen molar-refractivity contribution in [2.24, 2.45) is 11.8 Å². The molecule has 1 rings (SSSR count). The lowest BCUT2D eigenvalue weighted by Crippen LogP contribution is -2.35. The molecule has 2 N–H and O–H groups in total. The monoisotopic (exact) mass is 456 g/mol. The molecule has 2 unspecified atom stereocenters. The maximum atomic E-state index is 12.5. The minimum atomic E-state index is -0.771. The fourth-order valence-electron chi connectivity index (χ4n) is 4.07. The van der Waals surface area contributed by atoms with Crippen molar-refractivity contribution in [2.75, 3.05) is 13.2 Å². The summed E-state index contributed by atoms with van der Waals surface area (Å²) in [7, 11) is 0. The molecule has 184 valence electrons. The highest BCUT2D eigenvalue weighted by Crippen LogP contribution is 2.32. The number of carboxylic acids is 2. The number of carboxylic acid groups (broad SMARTS) is 2. The van der Waals surface area contributed by atoms with E-state index in [1.54, 1.807) is 0 Å². The number of aliphatic carboxylic acids is 2. The Morgan fingerprint density at radius 3 is 1.28 bits per heavy atom. The molecule has 1 aliphatic rings. The van der Waals surface area contributed by atoms with E-state index in [0.717, 1.165) is 64.2 Å². The van der Waals surface area contributed by atoms with Crippen molar-refractivity contribution in [3.8, 4) is 0 Å². The number of unbranched alkanes of at least 4 members (excludes halogenated alkanes) is 8. The summed E-state index contributed by atoms with van der Waals surface area (Å²) in [5.74, 6) is -3.02. The van der Waals surface area contributed by atoms with Gasteiger partial charge in [0.2, 0.25) is 0 Å². The molecule has 1 fully saturated rings. The first kappa shape index (κ1) is 27.9. The molecular formula is C24H40O8.